The van der Waals surface area contributed by atoms with Crippen LogP contribution < -0.4 is 4.74 Å². The van der Waals surface area contributed by atoms with Crippen LogP contribution in [0.1, 0.15) is 102 Å². The van der Waals surface area contributed by atoms with Crippen molar-refractivity contribution in [2.75, 3.05) is 6.61 Å². The molecule has 1 aliphatic carbocycles. The lowest BCUT2D eigenvalue weighted by Crippen LogP contribution is -2.15. The first kappa shape index (κ1) is 22.7. The molecule has 0 saturated heterocycles. The Bertz CT molecular complexity index is 587. The summed E-state index contributed by atoms with van der Waals surface area (Å²) < 4.78 is 19.4. The van der Waals surface area contributed by atoms with Crippen molar-refractivity contribution in [3.05, 3.63) is 29.6 Å². The Labute approximate surface area is 171 Å². The maximum absolute atomic E-state index is 13.8. The molecule has 1 saturated carbocycles. The summed E-state index contributed by atoms with van der Waals surface area (Å²) in [6.45, 7) is 2.83. The van der Waals surface area contributed by atoms with Gasteiger partial charge < -0.3 is 4.74 Å². The largest absolute Gasteiger partial charge is 0.491 e. The minimum atomic E-state index is -0.440. The third kappa shape index (κ3) is 8.63. The zero-order valence-corrected chi connectivity index (χ0v) is 17.7. The quantitative estimate of drug-likeness (QED) is 0.323. The Morgan fingerprint density at radius 2 is 1.54 bits per heavy atom. The first-order valence-electron chi connectivity index (χ1n) is 11.6. The number of nitriles is 1. The Balaban J connectivity index is 1.49. The van der Waals surface area contributed by atoms with Gasteiger partial charge in [-0.15, -0.1) is 0 Å². The van der Waals surface area contributed by atoms with Crippen molar-refractivity contribution < 1.29 is 9.13 Å². The standard InChI is InChI=1S/C25H38FNO/c1-2-3-4-5-6-7-8-10-21-12-14-22(15-13-21)11-9-18-28-25-17-16-23(20-27)19-24(25)26/h16-17,19,21-22H,2-15,18H2,1H3. The van der Waals surface area contributed by atoms with Gasteiger partial charge in [-0.05, 0) is 42.9 Å². The van der Waals surface area contributed by atoms with Gasteiger partial charge in [0.1, 0.15) is 0 Å². The van der Waals surface area contributed by atoms with Gasteiger partial charge in [0.2, 0.25) is 0 Å². The van der Waals surface area contributed by atoms with Gasteiger partial charge in [-0.3, -0.25) is 0 Å². The van der Waals surface area contributed by atoms with E-state index in [9.17, 15) is 4.39 Å². The molecule has 28 heavy (non-hydrogen) atoms. The molecule has 0 aliphatic heterocycles. The molecule has 0 aromatic heterocycles. The third-order valence-electron chi connectivity index (χ3n) is 6.26. The van der Waals surface area contributed by atoms with Gasteiger partial charge in [-0.2, -0.15) is 5.26 Å². The molecule has 0 bridgehead atoms. The van der Waals surface area contributed by atoms with E-state index in [-0.39, 0.29) is 5.75 Å². The lowest BCUT2D eigenvalue weighted by atomic mass is 9.78. The molecule has 2 nitrogen and oxygen atoms in total. The van der Waals surface area contributed by atoms with Crippen molar-refractivity contribution in [1.82, 2.24) is 0 Å². The highest BCUT2D eigenvalue weighted by molar-refractivity contribution is 5.35. The Kier molecular flexibility index (Phi) is 11.0. The number of rotatable bonds is 13. The van der Waals surface area contributed by atoms with E-state index in [2.05, 4.69) is 6.92 Å². The van der Waals surface area contributed by atoms with Crippen LogP contribution in [0.4, 0.5) is 4.39 Å². The van der Waals surface area contributed by atoms with Crippen LogP contribution in [0.2, 0.25) is 0 Å². The van der Waals surface area contributed by atoms with E-state index in [1.807, 2.05) is 6.07 Å². The van der Waals surface area contributed by atoms with Crippen molar-refractivity contribution in [1.29, 1.82) is 5.26 Å². The van der Waals surface area contributed by atoms with Gasteiger partial charge in [-0.25, -0.2) is 4.39 Å². The Morgan fingerprint density at radius 1 is 0.929 bits per heavy atom. The predicted molar refractivity (Wildman–Crippen MR) is 114 cm³/mol. The van der Waals surface area contributed by atoms with E-state index < -0.39 is 5.82 Å². The number of unbranched alkanes of at least 4 members (excludes halogenated alkanes) is 6. The average Bonchev–Trinajstić information content (AvgIpc) is 2.72. The normalized spacial score (nSPS) is 19.3. The Morgan fingerprint density at radius 3 is 2.14 bits per heavy atom. The van der Waals surface area contributed by atoms with E-state index >= 15 is 0 Å². The maximum Gasteiger partial charge on any atom is 0.166 e. The second kappa shape index (κ2) is 13.6. The minimum absolute atomic E-state index is 0.261. The molecular formula is C25H38FNO. The van der Waals surface area contributed by atoms with Gasteiger partial charge in [-0.1, -0.05) is 84.0 Å². The number of hydrogen-bond acceptors (Lipinski definition) is 2. The molecule has 0 spiro atoms. The number of halogens is 1. The summed E-state index contributed by atoms with van der Waals surface area (Å²) >= 11 is 0. The van der Waals surface area contributed by atoms with Gasteiger partial charge in [0, 0.05) is 0 Å². The van der Waals surface area contributed by atoms with E-state index in [0.717, 1.165) is 18.3 Å². The van der Waals surface area contributed by atoms with E-state index in [1.165, 1.54) is 89.5 Å². The van der Waals surface area contributed by atoms with Crippen molar-refractivity contribution in [2.24, 2.45) is 11.8 Å². The van der Waals surface area contributed by atoms with Crippen molar-refractivity contribution in [3.8, 4) is 11.8 Å². The summed E-state index contributed by atoms with van der Waals surface area (Å²) in [5.74, 6) is 1.60. The number of nitrogens with zero attached hydrogens (tertiary/aromatic N) is 1. The highest BCUT2D eigenvalue weighted by Gasteiger charge is 2.20. The molecule has 1 fully saturated rings. The van der Waals surface area contributed by atoms with Crippen LogP contribution in [-0.4, -0.2) is 6.61 Å². The number of hydrogen-bond donors (Lipinski definition) is 0. The zero-order chi connectivity index (χ0) is 20.0. The summed E-state index contributed by atoms with van der Waals surface area (Å²) in [5.41, 5.74) is 0.332. The topological polar surface area (TPSA) is 33.0 Å². The van der Waals surface area contributed by atoms with E-state index in [0.29, 0.717) is 12.2 Å². The fourth-order valence-corrected chi connectivity index (χ4v) is 4.44. The smallest absolute Gasteiger partial charge is 0.166 e. The summed E-state index contributed by atoms with van der Waals surface area (Å²) in [6.07, 6.45) is 18.9. The van der Waals surface area contributed by atoms with Gasteiger partial charge >= 0.3 is 0 Å². The first-order chi connectivity index (χ1) is 13.7. The van der Waals surface area contributed by atoms with Crippen LogP contribution in [-0.2, 0) is 0 Å². The lowest BCUT2D eigenvalue weighted by molar-refractivity contribution is 0.225. The fraction of sp³-hybridized carbons (Fsp3) is 0.720. The molecule has 156 valence electrons. The summed E-state index contributed by atoms with van der Waals surface area (Å²) in [7, 11) is 0. The van der Waals surface area contributed by atoms with Crippen LogP contribution in [0.15, 0.2) is 18.2 Å². The maximum atomic E-state index is 13.8. The molecule has 0 amide bonds. The predicted octanol–water partition coefficient (Wildman–Crippen LogP) is 7.80. The van der Waals surface area contributed by atoms with Crippen LogP contribution in [0, 0.1) is 29.0 Å². The summed E-state index contributed by atoms with van der Waals surface area (Å²) in [6, 6.07) is 6.34. The molecule has 2 rings (SSSR count). The SMILES string of the molecule is CCCCCCCCCC1CCC(CCCOc2ccc(C#N)cc2F)CC1. The first-order valence-corrected chi connectivity index (χ1v) is 11.6. The number of benzene rings is 1. The zero-order valence-electron chi connectivity index (χ0n) is 17.7. The van der Waals surface area contributed by atoms with Crippen LogP contribution >= 0.6 is 0 Å². The fourth-order valence-electron chi connectivity index (χ4n) is 4.44. The van der Waals surface area contributed by atoms with Gasteiger partial charge in [0.15, 0.2) is 11.6 Å². The van der Waals surface area contributed by atoms with Crippen LogP contribution in [0.3, 0.4) is 0 Å². The summed E-state index contributed by atoms with van der Waals surface area (Å²) in [5, 5.41) is 8.77. The van der Waals surface area contributed by atoms with E-state index in [4.69, 9.17) is 10.00 Å². The molecule has 0 heterocycles. The molecule has 0 atom stereocenters. The lowest BCUT2D eigenvalue weighted by Gasteiger charge is -2.28. The second-order valence-electron chi connectivity index (χ2n) is 8.54. The van der Waals surface area contributed by atoms with Crippen LogP contribution in [0.25, 0.3) is 0 Å². The highest BCUT2D eigenvalue weighted by Crippen LogP contribution is 2.34. The highest BCUT2D eigenvalue weighted by atomic mass is 19.1. The number of ether oxygens (including phenoxy) is 1. The van der Waals surface area contributed by atoms with Crippen molar-refractivity contribution >= 4 is 0 Å². The van der Waals surface area contributed by atoms with Crippen LogP contribution in [0.5, 0.6) is 5.75 Å². The summed E-state index contributed by atoms with van der Waals surface area (Å²) in [4.78, 5) is 0. The monoisotopic (exact) mass is 387 g/mol. The molecule has 1 aromatic rings. The minimum Gasteiger partial charge on any atom is -0.491 e. The molecule has 0 unspecified atom stereocenters. The van der Waals surface area contributed by atoms with E-state index in [1.54, 1.807) is 12.1 Å². The van der Waals surface area contributed by atoms with Crippen molar-refractivity contribution in [3.63, 3.8) is 0 Å². The third-order valence-corrected chi connectivity index (χ3v) is 6.26. The molecule has 0 radical (unpaired) electrons. The Hall–Kier alpha value is -1.56. The molecule has 1 aromatic carbocycles. The molecule has 1 aliphatic rings. The molecule has 0 N–H and O–H groups in total. The molecular weight excluding hydrogens is 349 g/mol. The molecule has 3 heteroatoms. The van der Waals surface area contributed by atoms with Gasteiger partial charge in [0.25, 0.3) is 0 Å². The van der Waals surface area contributed by atoms with Gasteiger partial charge in [0.05, 0.1) is 18.2 Å². The average molecular weight is 388 g/mol. The second-order valence-corrected chi connectivity index (χ2v) is 8.54. The van der Waals surface area contributed by atoms with Crippen molar-refractivity contribution in [2.45, 2.75) is 96.8 Å².